The highest BCUT2D eigenvalue weighted by molar-refractivity contribution is 9.10. The third-order valence-corrected chi connectivity index (χ3v) is 1.76. The minimum absolute atomic E-state index is 0.199. The summed E-state index contributed by atoms with van der Waals surface area (Å²) in [4.78, 5) is -3.19. The molecule has 0 rings (SSSR count). The van der Waals surface area contributed by atoms with Gasteiger partial charge in [-0.05, 0) is 15.9 Å². The normalized spacial score (nSPS) is 14.2. The van der Waals surface area contributed by atoms with Gasteiger partial charge in [-0.25, -0.2) is 0 Å². The molecular weight excluding hydrogens is 286 g/mol. The van der Waals surface area contributed by atoms with E-state index in [0.29, 0.717) is 0 Å². The summed E-state index contributed by atoms with van der Waals surface area (Å²) in [6.07, 6.45) is 0.918. The first-order chi connectivity index (χ1) is 4.95. The Morgan fingerprint density at radius 2 is 2.18 bits per heavy atom. The molecule has 0 heterocycles. The summed E-state index contributed by atoms with van der Waals surface area (Å²) in [5, 5.41) is 0. The SMILES string of the molecule is C=COCC(Br)CC(F)(F)Br. The maximum Gasteiger partial charge on any atom is 0.302 e. The van der Waals surface area contributed by atoms with Crippen LogP contribution in [0.1, 0.15) is 6.42 Å². The molecule has 0 aromatic heterocycles. The van der Waals surface area contributed by atoms with Gasteiger partial charge in [0.1, 0.15) is 6.61 Å². The van der Waals surface area contributed by atoms with Crippen LogP contribution in [0.25, 0.3) is 0 Å². The molecule has 1 unspecified atom stereocenters. The molecule has 1 nitrogen and oxygen atoms in total. The molecule has 0 aliphatic rings. The van der Waals surface area contributed by atoms with Crippen LogP contribution in [0.3, 0.4) is 0 Å². The van der Waals surface area contributed by atoms with Crippen LogP contribution in [-0.4, -0.2) is 16.3 Å². The van der Waals surface area contributed by atoms with Gasteiger partial charge in [0.15, 0.2) is 0 Å². The zero-order valence-electron chi connectivity index (χ0n) is 5.70. The molecule has 0 aromatic carbocycles. The number of halogens is 4. The second-order valence-corrected chi connectivity index (χ2v) is 4.37. The lowest BCUT2D eigenvalue weighted by molar-refractivity contribution is 0.0955. The van der Waals surface area contributed by atoms with E-state index in [0.717, 1.165) is 0 Å². The molecule has 0 aliphatic carbocycles. The Kier molecular flexibility index (Phi) is 5.25. The zero-order chi connectivity index (χ0) is 8.91. The van der Waals surface area contributed by atoms with Crippen molar-refractivity contribution in [2.75, 3.05) is 6.61 Å². The van der Waals surface area contributed by atoms with Crippen LogP contribution in [0.5, 0.6) is 0 Å². The van der Waals surface area contributed by atoms with Gasteiger partial charge in [0, 0.05) is 6.42 Å². The molecule has 0 bridgehead atoms. The molecular formula is C6H8Br2F2O. The molecule has 5 heteroatoms. The summed E-state index contributed by atoms with van der Waals surface area (Å²) < 4.78 is 29.1. The average molecular weight is 294 g/mol. The first-order valence-corrected chi connectivity index (χ1v) is 4.60. The van der Waals surface area contributed by atoms with Gasteiger partial charge in [-0.2, -0.15) is 8.78 Å². The molecule has 0 saturated heterocycles. The van der Waals surface area contributed by atoms with Gasteiger partial charge >= 0.3 is 4.83 Å². The molecule has 0 radical (unpaired) electrons. The van der Waals surface area contributed by atoms with Gasteiger partial charge in [-0.1, -0.05) is 22.5 Å². The first-order valence-electron chi connectivity index (χ1n) is 2.89. The van der Waals surface area contributed by atoms with E-state index in [1.54, 1.807) is 0 Å². The van der Waals surface area contributed by atoms with Crippen LogP contribution >= 0.6 is 31.9 Å². The molecule has 0 aromatic rings. The van der Waals surface area contributed by atoms with Crippen LogP contribution in [0.2, 0.25) is 0 Å². The van der Waals surface area contributed by atoms with Gasteiger partial charge < -0.3 is 4.74 Å². The lowest BCUT2D eigenvalue weighted by atomic mass is 10.3. The van der Waals surface area contributed by atoms with Crippen molar-refractivity contribution >= 4 is 31.9 Å². The van der Waals surface area contributed by atoms with Crippen molar-refractivity contribution in [3.05, 3.63) is 12.8 Å². The molecule has 0 N–H and O–H groups in total. The summed E-state index contributed by atoms with van der Waals surface area (Å²) in [6.45, 7) is 3.49. The van der Waals surface area contributed by atoms with E-state index in [4.69, 9.17) is 4.74 Å². The van der Waals surface area contributed by atoms with Crippen LogP contribution in [0, 0.1) is 0 Å². The summed E-state index contributed by atoms with van der Waals surface area (Å²) in [5.41, 5.74) is 0. The fourth-order valence-electron chi connectivity index (χ4n) is 0.483. The lowest BCUT2D eigenvalue weighted by Crippen LogP contribution is -2.16. The highest BCUT2D eigenvalue weighted by atomic mass is 79.9. The Labute approximate surface area is 81.1 Å². The van der Waals surface area contributed by atoms with E-state index in [1.807, 2.05) is 0 Å². The smallest absolute Gasteiger partial charge is 0.302 e. The van der Waals surface area contributed by atoms with E-state index in [-0.39, 0.29) is 17.9 Å². The molecule has 1 atom stereocenters. The number of alkyl halides is 4. The Balaban J connectivity index is 3.51. The average Bonchev–Trinajstić information content (AvgIpc) is 1.79. The second kappa shape index (κ2) is 5.09. The summed E-state index contributed by atoms with van der Waals surface area (Å²) in [7, 11) is 0. The lowest BCUT2D eigenvalue weighted by Gasteiger charge is -2.12. The van der Waals surface area contributed by atoms with Crippen molar-refractivity contribution in [1.82, 2.24) is 0 Å². The first kappa shape index (κ1) is 11.4. The van der Waals surface area contributed by atoms with Crippen molar-refractivity contribution in [2.24, 2.45) is 0 Å². The van der Waals surface area contributed by atoms with Crippen molar-refractivity contribution < 1.29 is 13.5 Å². The quantitative estimate of drug-likeness (QED) is 0.558. The molecule has 0 aliphatic heterocycles. The van der Waals surface area contributed by atoms with E-state index < -0.39 is 4.83 Å². The van der Waals surface area contributed by atoms with Crippen molar-refractivity contribution in [3.63, 3.8) is 0 Å². The second-order valence-electron chi connectivity index (χ2n) is 1.92. The molecule has 0 amide bonds. The molecule has 0 fully saturated rings. The minimum Gasteiger partial charge on any atom is -0.501 e. The number of ether oxygens (including phenoxy) is 1. The summed E-state index contributed by atoms with van der Waals surface area (Å²) in [5.74, 6) is 0. The van der Waals surface area contributed by atoms with Gasteiger partial charge in [0.2, 0.25) is 0 Å². The Bertz CT molecular complexity index is 124. The van der Waals surface area contributed by atoms with E-state index in [1.165, 1.54) is 6.26 Å². The Morgan fingerprint density at radius 1 is 1.64 bits per heavy atom. The third kappa shape index (κ3) is 8.26. The fourth-order valence-corrected chi connectivity index (χ4v) is 1.87. The highest BCUT2D eigenvalue weighted by Gasteiger charge is 2.27. The van der Waals surface area contributed by atoms with Gasteiger partial charge in [0.05, 0.1) is 11.1 Å². The summed E-state index contributed by atoms with van der Waals surface area (Å²) in [6, 6.07) is 0. The van der Waals surface area contributed by atoms with E-state index in [9.17, 15) is 8.78 Å². The number of rotatable bonds is 5. The zero-order valence-corrected chi connectivity index (χ0v) is 8.87. The van der Waals surface area contributed by atoms with E-state index >= 15 is 0 Å². The summed E-state index contributed by atoms with van der Waals surface area (Å²) >= 11 is 5.26. The Morgan fingerprint density at radius 3 is 2.55 bits per heavy atom. The molecule has 66 valence electrons. The van der Waals surface area contributed by atoms with Crippen molar-refractivity contribution in [1.29, 1.82) is 0 Å². The number of hydrogen-bond donors (Lipinski definition) is 0. The highest BCUT2D eigenvalue weighted by Crippen LogP contribution is 2.29. The third-order valence-electron chi connectivity index (χ3n) is 0.848. The fraction of sp³-hybridized carbons (Fsp3) is 0.667. The van der Waals surface area contributed by atoms with Crippen LogP contribution in [-0.2, 0) is 4.74 Å². The van der Waals surface area contributed by atoms with Crippen LogP contribution in [0.15, 0.2) is 12.8 Å². The largest absolute Gasteiger partial charge is 0.501 e. The number of hydrogen-bond acceptors (Lipinski definition) is 1. The molecule has 0 spiro atoms. The minimum atomic E-state index is -2.83. The molecule has 11 heavy (non-hydrogen) atoms. The van der Waals surface area contributed by atoms with E-state index in [2.05, 4.69) is 38.4 Å². The molecule has 0 saturated carbocycles. The predicted octanol–water partition coefficient (Wildman–Crippen LogP) is 3.29. The Hall–Kier alpha value is 0.360. The van der Waals surface area contributed by atoms with Gasteiger partial charge in [0.25, 0.3) is 0 Å². The maximum absolute atomic E-state index is 12.2. The van der Waals surface area contributed by atoms with Crippen LogP contribution < -0.4 is 0 Å². The predicted molar refractivity (Wildman–Crippen MR) is 47.4 cm³/mol. The van der Waals surface area contributed by atoms with Crippen molar-refractivity contribution in [3.8, 4) is 0 Å². The topological polar surface area (TPSA) is 9.23 Å². The maximum atomic E-state index is 12.2. The van der Waals surface area contributed by atoms with Gasteiger partial charge in [-0.15, -0.1) is 0 Å². The van der Waals surface area contributed by atoms with Crippen molar-refractivity contribution in [2.45, 2.75) is 16.1 Å². The van der Waals surface area contributed by atoms with Crippen LogP contribution in [0.4, 0.5) is 8.78 Å². The monoisotopic (exact) mass is 292 g/mol. The standard InChI is InChI=1S/C6H8Br2F2O/c1-2-11-4-5(7)3-6(8,9)10/h2,5H,1,3-4H2. The van der Waals surface area contributed by atoms with Gasteiger partial charge in [-0.3, -0.25) is 0 Å².